The number of benzene rings is 1. The first-order chi connectivity index (χ1) is 13.5. The van der Waals surface area contributed by atoms with Gasteiger partial charge in [0.15, 0.2) is 5.11 Å². The van der Waals surface area contributed by atoms with Crippen molar-refractivity contribution in [3.05, 3.63) is 18.2 Å². The third-order valence-corrected chi connectivity index (χ3v) is 7.54. The molecule has 0 heterocycles. The normalized spacial score (nSPS) is 31.3. The van der Waals surface area contributed by atoms with Gasteiger partial charge >= 0.3 is 0 Å². The SMILES string of the molecule is CCCC(NC(=S)Nc1cc(OC)cc(OC)c1)C12CC3CC(CC(C3)C1)C2. The minimum absolute atomic E-state index is 0.447. The standard InChI is InChI=1S/C23H34N2O2S/c1-4-5-21(23-12-15-6-16(13-23)8-17(7-15)14-23)25-22(28)24-18-9-19(26-2)11-20(10-18)27-3/h9-11,15-17,21H,4-8,12-14H2,1-3H3,(H2,24,25,28). The summed E-state index contributed by atoms with van der Waals surface area (Å²) in [5.74, 6) is 4.39. The predicted molar refractivity (Wildman–Crippen MR) is 118 cm³/mol. The van der Waals surface area contributed by atoms with Crippen LogP contribution in [0.1, 0.15) is 58.3 Å². The van der Waals surface area contributed by atoms with E-state index in [1.165, 1.54) is 51.4 Å². The summed E-state index contributed by atoms with van der Waals surface area (Å²) in [5, 5.41) is 7.82. The first-order valence-corrected chi connectivity index (χ1v) is 11.2. The number of ether oxygens (including phenoxy) is 2. The second kappa shape index (κ2) is 8.10. The van der Waals surface area contributed by atoms with Crippen LogP contribution in [0.25, 0.3) is 0 Å². The number of hydrogen-bond donors (Lipinski definition) is 2. The molecule has 1 atom stereocenters. The van der Waals surface area contributed by atoms with Crippen molar-refractivity contribution in [3.63, 3.8) is 0 Å². The van der Waals surface area contributed by atoms with Crippen LogP contribution >= 0.6 is 12.2 Å². The van der Waals surface area contributed by atoms with E-state index in [0.717, 1.165) is 34.9 Å². The molecular weight excluding hydrogens is 368 g/mol. The van der Waals surface area contributed by atoms with Gasteiger partial charge in [-0.1, -0.05) is 13.3 Å². The van der Waals surface area contributed by atoms with Crippen molar-refractivity contribution in [2.75, 3.05) is 19.5 Å². The average Bonchev–Trinajstić information content (AvgIpc) is 2.66. The van der Waals surface area contributed by atoms with Gasteiger partial charge in [0.2, 0.25) is 0 Å². The minimum Gasteiger partial charge on any atom is -0.497 e. The average molecular weight is 403 g/mol. The summed E-state index contributed by atoms with van der Waals surface area (Å²) in [6.45, 7) is 2.29. The van der Waals surface area contributed by atoms with Crippen molar-refractivity contribution in [2.24, 2.45) is 23.2 Å². The van der Waals surface area contributed by atoms with Crippen LogP contribution in [-0.2, 0) is 0 Å². The lowest BCUT2D eigenvalue weighted by Crippen LogP contribution is -2.57. The van der Waals surface area contributed by atoms with Crippen molar-refractivity contribution in [3.8, 4) is 11.5 Å². The molecule has 5 heteroatoms. The van der Waals surface area contributed by atoms with E-state index in [4.69, 9.17) is 21.7 Å². The number of anilines is 1. The number of nitrogens with one attached hydrogen (secondary N) is 2. The molecule has 0 aliphatic heterocycles. The molecule has 2 N–H and O–H groups in total. The Morgan fingerprint density at radius 1 is 1.04 bits per heavy atom. The molecule has 5 rings (SSSR count). The fourth-order valence-electron chi connectivity index (χ4n) is 6.63. The van der Waals surface area contributed by atoms with Crippen LogP contribution in [0, 0.1) is 23.2 Å². The molecule has 1 unspecified atom stereocenters. The molecule has 0 saturated heterocycles. The molecule has 4 fully saturated rings. The molecule has 28 heavy (non-hydrogen) atoms. The Morgan fingerprint density at radius 2 is 1.57 bits per heavy atom. The Labute approximate surface area is 174 Å². The monoisotopic (exact) mass is 402 g/mol. The summed E-state index contributed by atoms with van der Waals surface area (Å²) in [6, 6.07) is 6.25. The highest BCUT2D eigenvalue weighted by atomic mass is 32.1. The zero-order chi connectivity index (χ0) is 19.7. The third kappa shape index (κ3) is 3.96. The highest BCUT2D eigenvalue weighted by molar-refractivity contribution is 7.80. The smallest absolute Gasteiger partial charge is 0.171 e. The summed E-state index contributed by atoms with van der Waals surface area (Å²) in [6.07, 6.45) is 11.0. The Hall–Kier alpha value is -1.49. The highest BCUT2D eigenvalue weighted by Crippen LogP contribution is 2.61. The van der Waals surface area contributed by atoms with Gasteiger partial charge in [-0.3, -0.25) is 0 Å². The van der Waals surface area contributed by atoms with E-state index < -0.39 is 0 Å². The fraction of sp³-hybridized carbons (Fsp3) is 0.696. The predicted octanol–water partition coefficient (Wildman–Crippen LogP) is 5.38. The van der Waals surface area contributed by atoms with Gasteiger partial charge in [-0.15, -0.1) is 0 Å². The molecule has 0 radical (unpaired) electrons. The lowest BCUT2D eigenvalue weighted by Gasteiger charge is -2.59. The van der Waals surface area contributed by atoms with Crippen LogP contribution in [0.15, 0.2) is 18.2 Å². The summed E-state index contributed by atoms with van der Waals surface area (Å²) in [5.41, 5.74) is 1.34. The van der Waals surface area contributed by atoms with E-state index in [9.17, 15) is 0 Å². The maximum atomic E-state index is 5.74. The van der Waals surface area contributed by atoms with E-state index in [1.807, 2.05) is 18.2 Å². The third-order valence-electron chi connectivity index (χ3n) is 7.32. The van der Waals surface area contributed by atoms with Gasteiger partial charge < -0.3 is 20.1 Å². The van der Waals surface area contributed by atoms with Crippen LogP contribution in [0.4, 0.5) is 5.69 Å². The van der Waals surface area contributed by atoms with Crippen LogP contribution < -0.4 is 20.1 Å². The summed E-state index contributed by atoms with van der Waals surface area (Å²) < 4.78 is 10.8. The molecule has 0 amide bonds. The van der Waals surface area contributed by atoms with Crippen LogP contribution in [0.2, 0.25) is 0 Å². The number of thiocarbonyl (C=S) groups is 1. The van der Waals surface area contributed by atoms with E-state index in [0.29, 0.717) is 16.6 Å². The van der Waals surface area contributed by atoms with Gasteiger partial charge in [0.05, 0.1) is 14.2 Å². The van der Waals surface area contributed by atoms with Crippen LogP contribution in [0.3, 0.4) is 0 Å². The molecule has 4 nitrogen and oxygen atoms in total. The summed E-state index contributed by atoms with van der Waals surface area (Å²) in [7, 11) is 3.33. The highest BCUT2D eigenvalue weighted by Gasteiger charge is 2.54. The quantitative estimate of drug-likeness (QED) is 0.600. The van der Waals surface area contributed by atoms with Crippen molar-refractivity contribution >= 4 is 23.0 Å². The molecule has 154 valence electrons. The summed E-state index contributed by atoms with van der Waals surface area (Å²) in [4.78, 5) is 0. The molecule has 4 aliphatic rings. The lowest BCUT2D eigenvalue weighted by molar-refractivity contribution is -0.0718. The topological polar surface area (TPSA) is 42.5 Å². The molecule has 1 aromatic carbocycles. The van der Waals surface area contributed by atoms with Crippen molar-refractivity contribution in [1.29, 1.82) is 0 Å². The second-order valence-electron chi connectivity index (χ2n) is 9.32. The van der Waals surface area contributed by atoms with Gasteiger partial charge in [0.1, 0.15) is 11.5 Å². The molecule has 0 spiro atoms. The van der Waals surface area contributed by atoms with Gasteiger partial charge in [-0.25, -0.2) is 0 Å². The van der Waals surface area contributed by atoms with E-state index in [2.05, 4.69) is 17.6 Å². The van der Waals surface area contributed by atoms with Gasteiger partial charge in [0, 0.05) is 29.9 Å². The maximum absolute atomic E-state index is 5.74. The van der Waals surface area contributed by atoms with Crippen molar-refractivity contribution in [2.45, 2.75) is 64.3 Å². The minimum atomic E-state index is 0.447. The molecule has 4 aliphatic carbocycles. The molecule has 4 bridgehead atoms. The van der Waals surface area contributed by atoms with Gasteiger partial charge in [0.25, 0.3) is 0 Å². The zero-order valence-electron chi connectivity index (χ0n) is 17.4. The Kier molecular flexibility index (Phi) is 5.73. The van der Waals surface area contributed by atoms with Crippen molar-refractivity contribution in [1.82, 2.24) is 5.32 Å². The van der Waals surface area contributed by atoms with Gasteiger partial charge in [-0.2, -0.15) is 0 Å². The Balaban J connectivity index is 1.47. The zero-order valence-corrected chi connectivity index (χ0v) is 18.2. The van der Waals surface area contributed by atoms with Crippen LogP contribution in [-0.4, -0.2) is 25.4 Å². The first-order valence-electron chi connectivity index (χ1n) is 10.8. The largest absolute Gasteiger partial charge is 0.497 e. The molecular formula is C23H34N2O2S. The number of methoxy groups -OCH3 is 2. The second-order valence-corrected chi connectivity index (χ2v) is 9.73. The van der Waals surface area contributed by atoms with E-state index in [1.54, 1.807) is 14.2 Å². The summed E-state index contributed by atoms with van der Waals surface area (Å²) >= 11 is 5.74. The maximum Gasteiger partial charge on any atom is 0.171 e. The Bertz CT molecular complexity index is 663. The van der Waals surface area contributed by atoms with E-state index in [-0.39, 0.29) is 0 Å². The molecule has 4 saturated carbocycles. The van der Waals surface area contributed by atoms with Crippen molar-refractivity contribution < 1.29 is 9.47 Å². The molecule has 0 aromatic heterocycles. The van der Waals surface area contributed by atoms with Gasteiger partial charge in [-0.05, 0) is 80.3 Å². The Morgan fingerprint density at radius 3 is 2.04 bits per heavy atom. The van der Waals surface area contributed by atoms with E-state index >= 15 is 0 Å². The number of rotatable bonds is 7. The number of hydrogen-bond acceptors (Lipinski definition) is 3. The first kappa shape index (κ1) is 19.8. The molecule has 1 aromatic rings. The fourth-order valence-corrected chi connectivity index (χ4v) is 6.89. The van der Waals surface area contributed by atoms with Crippen LogP contribution in [0.5, 0.6) is 11.5 Å². The lowest BCUT2D eigenvalue weighted by atomic mass is 9.47.